The second-order valence-electron chi connectivity index (χ2n) is 7.31. The second kappa shape index (κ2) is 7.43. The maximum absolute atomic E-state index is 12.9. The first-order valence-electron chi connectivity index (χ1n) is 9.56. The smallest absolute Gasteiger partial charge is 0.295 e. The normalized spacial score (nSPS) is 14.4. The van der Waals surface area contributed by atoms with Crippen LogP contribution in [0.3, 0.4) is 0 Å². The summed E-state index contributed by atoms with van der Waals surface area (Å²) in [6, 6.07) is 10.2. The topological polar surface area (TPSA) is 66.1 Å². The molecular weight excluding hydrogens is 350 g/mol. The first-order valence-corrected chi connectivity index (χ1v) is 9.56. The van der Waals surface area contributed by atoms with Gasteiger partial charge in [0.05, 0.1) is 16.8 Å². The fourth-order valence-corrected chi connectivity index (χ4v) is 3.81. The highest BCUT2D eigenvalue weighted by molar-refractivity contribution is 6.45. The van der Waals surface area contributed by atoms with Gasteiger partial charge in [0.15, 0.2) is 0 Å². The van der Waals surface area contributed by atoms with Gasteiger partial charge >= 0.3 is 0 Å². The van der Waals surface area contributed by atoms with Crippen LogP contribution in [0.15, 0.2) is 48.3 Å². The van der Waals surface area contributed by atoms with Crippen LogP contribution in [0.2, 0.25) is 0 Å². The van der Waals surface area contributed by atoms with E-state index in [4.69, 9.17) is 0 Å². The number of benzene rings is 1. The number of aryl methyl sites for hydroxylation is 2. The Balaban J connectivity index is 1.50. The molecule has 5 heteroatoms. The third-order valence-corrected chi connectivity index (χ3v) is 5.39. The number of hydrogen-bond donors (Lipinski definition) is 1. The van der Waals surface area contributed by atoms with Gasteiger partial charge in [0, 0.05) is 30.9 Å². The largest absolute Gasteiger partial charge is 0.359 e. The van der Waals surface area contributed by atoms with E-state index in [2.05, 4.69) is 28.2 Å². The van der Waals surface area contributed by atoms with E-state index in [1.807, 2.05) is 32.0 Å². The van der Waals surface area contributed by atoms with Crippen LogP contribution in [0.25, 0.3) is 17.0 Å². The number of Topliss-reactive ketones (excluding diaryl/α,β-unsaturated/α-hetero) is 1. The summed E-state index contributed by atoms with van der Waals surface area (Å²) < 4.78 is 0. The Morgan fingerprint density at radius 3 is 2.54 bits per heavy atom. The van der Waals surface area contributed by atoms with E-state index < -0.39 is 11.7 Å². The van der Waals surface area contributed by atoms with Gasteiger partial charge in [-0.3, -0.25) is 14.6 Å². The minimum Gasteiger partial charge on any atom is -0.359 e. The average Bonchev–Trinajstić information content (AvgIpc) is 3.18. The lowest BCUT2D eigenvalue weighted by Gasteiger charge is -2.28. The number of amides is 1. The predicted molar refractivity (Wildman–Crippen MR) is 110 cm³/mol. The minimum atomic E-state index is -0.449. The molecule has 0 atom stereocenters. The number of aromatic amines is 1. The standard InChI is InChI=1S/C23H23N3O2/c1-15-13-24-16(2)21-20(15)19(14-25-21)22(27)23(28)26-10-8-18(9-11-26)12-17-6-4-3-5-7-17/h3-7,12-14,25H,8-11H2,1-2H3. The summed E-state index contributed by atoms with van der Waals surface area (Å²) in [5.74, 6) is -0.871. The number of likely N-dealkylation sites (tertiary alicyclic amines) is 1. The van der Waals surface area contributed by atoms with Crippen molar-refractivity contribution in [2.75, 3.05) is 13.1 Å². The van der Waals surface area contributed by atoms with Gasteiger partial charge in [-0.15, -0.1) is 0 Å². The molecule has 1 aromatic carbocycles. The summed E-state index contributed by atoms with van der Waals surface area (Å²) in [6.07, 6.45) is 7.15. The van der Waals surface area contributed by atoms with E-state index in [9.17, 15) is 9.59 Å². The van der Waals surface area contributed by atoms with E-state index in [1.165, 1.54) is 11.1 Å². The Hall–Kier alpha value is -3.21. The highest BCUT2D eigenvalue weighted by Gasteiger charge is 2.28. The molecule has 1 fully saturated rings. The van der Waals surface area contributed by atoms with E-state index >= 15 is 0 Å². The molecule has 28 heavy (non-hydrogen) atoms. The molecule has 2 aromatic heterocycles. The van der Waals surface area contributed by atoms with Crippen LogP contribution in [0.5, 0.6) is 0 Å². The van der Waals surface area contributed by atoms with Gasteiger partial charge in [-0.1, -0.05) is 42.0 Å². The zero-order chi connectivity index (χ0) is 19.7. The Labute approximate surface area is 164 Å². The number of pyridine rings is 1. The van der Waals surface area contributed by atoms with E-state index in [0.717, 1.165) is 35.0 Å². The number of nitrogens with zero attached hydrogens (tertiary/aromatic N) is 2. The lowest BCUT2D eigenvalue weighted by Crippen LogP contribution is -2.40. The van der Waals surface area contributed by atoms with Crippen LogP contribution in [0, 0.1) is 13.8 Å². The summed E-state index contributed by atoms with van der Waals surface area (Å²) in [5, 5.41) is 0.799. The number of H-pyrrole nitrogens is 1. The molecule has 1 N–H and O–H groups in total. The van der Waals surface area contributed by atoms with Crippen molar-refractivity contribution >= 4 is 28.7 Å². The minimum absolute atomic E-state index is 0.423. The van der Waals surface area contributed by atoms with Gasteiger partial charge in [-0.05, 0) is 37.8 Å². The zero-order valence-corrected chi connectivity index (χ0v) is 16.2. The number of aromatic nitrogens is 2. The van der Waals surface area contributed by atoms with Crippen molar-refractivity contribution in [2.45, 2.75) is 26.7 Å². The summed E-state index contributed by atoms with van der Waals surface area (Å²) in [4.78, 5) is 34.8. The molecule has 3 aromatic rings. The monoisotopic (exact) mass is 373 g/mol. The van der Waals surface area contributed by atoms with E-state index in [0.29, 0.717) is 18.7 Å². The Morgan fingerprint density at radius 1 is 1.11 bits per heavy atom. The van der Waals surface area contributed by atoms with Gasteiger partial charge in [-0.25, -0.2) is 0 Å². The second-order valence-corrected chi connectivity index (χ2v) is 7.31. The van der Waals surface area contributed by atoms with Crippen LogP contribution in [0.4, 0.5) is 0 Å². The van der Waals surface area contributed by atoms with Crippen molar-refractivity contribution in [3.63, 3.8) is 0 Å². The molecule has 1 aliphatic rings. The quantitative estimate of drug-likeness (QED) is 0.556. The van der Waals surface area contributed by atoms with Crippen LogP contribution >= 0.6 is 0 Å². The van der Waals surface area contributed by atoms with Crippen molar-refractivity contribution < 1.29 is 9.59 Å². The maximum atomic E-state index is 12.9. The SMILES string of the molecule is Cc1ncc(C)c2c(C(=O)C(=O)N3CCC(=Cc4ccccc4)CC3)c[nH]c12. The molecule has 0 bridgehead atoms. The molecular formula is C23H23N3O2. The summed E-state index contributed by atoms with van der Waals surface area (Å²) in [7, 11) is 0. The molecule has 3 heterocycles. The average molecular weight is 373 g/mol. The molecule has 142 valence electrons. The van der Waals surface area contributed by atoms with E-state index in [-0.39, 0.29) is 0 Å². The van der Waals surface area contributed by atoms with Crippen LogP contribution in [-0.4, -0.2) is 39.6 Å². The number of hydrogen-bond acceptors (Lipinski definition) is 3. The third-order valence-electron chi connectivity index (χ3n) is 5.39. The van der Waals surface area contributed by atoms with E-state index in [1.54, 1.807) is 17.3 Å². The molecule has 0 unspecified atom stereocenters. The number of nitrogens with one attached hydrogen (secondary N) is 1. The molecule has 5 nitrogen and oxygen atoms in total. The summed E-state index contributed by atoms with van der Waals surface area (Å²) in [5.41, 5.74) is 5.46. The van der Waals surface area contributed by atoms with Gasteiger partial charge < -0.3 is 9.88 Å². The van der Waals surface area contributed by atoms with Gasteiger partial charge in [0.25, 0.3) is 11.7 Å². The van der Waals surface area contributed by atoms with Crippen molar-refractivity contribution in [1.29, 1.82) is 0 Å². The van der Waals surface area contributed by atoms with Crippen LogP contribution in [0.1, 0.15) is 40.0 Å². The number of piperidine rings is 1. The van der Waals surface area contributed by atoms with Crippen LogP contribution < -0.4 is 0 Å². The Morgan fingerprint density at radius 2 is 1.82 bits per heavy atom. The van der Waals surface area contributed by atoms with Crippen molar-refractivity contribution in [3.05, 3.63) is 70.7 Å². The molecule has 1 saturated heterocycles. The molecule has 0 radical (unpaired) electrons. The molecule has 0 aliphatic carbocycles. The maximum Gasteiger partial charge on any atom is 0.295 e. The van der Waals surface area contributed by atoms with Crippen LogP contribution in [-0.2, 0) is 4.79 Å². The number of carbonyl (C=O) groups excluding carboxylic acids is 2. The van der Waals surface area contributed by atoms with Gasteiger partial charge in [-0.2, -0.15) is 0 Å². The van der Waals surface area contributed by atoms with Crippen molar-refractivity contribution in [3.8, 4) is 0 Å². The lowest BCUT2D eigenvalue weighted by atomic mass is 9.99. The molecule has 0 spiro atoms. The fraction of sp³-hybridized carbons (Fsp3) is 0.261. The van der Waals surface area contributed by atoms with Crippen molar-refractivity contribution in [1.82, 2.24) is 14.9 Å². The lowest BCUT2D eigenvalue weighted by molar-refractivity contribution is -0.126. The highest BCUT2D eigenvalue weighted by Crippen LogP contribution is 2.25. The number of rotatable bonds is 3. The molecule has 1 amide bonds. The number of fused-ring (bicyclic) bond motifs is 1. The Kier molecular flexibility index (Phi) is 4.82. The number of carbonyl (C=O) groups is 2. The first kappa shape index (κ1) is 18.2. The zero-order valence-electron chi connectivity index (χ0n) is 16.2. The van der Waals surface area contributed by atoms with Gasteiger partial charge in [0.2, 0.25) is 0 Å². The highest BCUT2D eigenvalue weighted by atomic mass is 16.2. The predicted octanol–water partition coefficient (Wildman–Crippen LogP) is 4.07. The van der Waals surface area contributed by atoms with Crippen molar-refractivity contribution in [2.24, 2.45) is 0 Å². The summed E-state index contributed by atoms with van der Waals surface area (Å²) in [6.45, 7) is 4.95. The Bertz CT molecular complexity index is 1070. The number of ketones is 1. The summed E-state index contributed by atoms with van der Waals surface area (Å²) >= 11 is 0. The molecule has 0 saturated carbocycles. The van der Waals surface area contributed by atoms with Gasteiger partial charge in [0.1, 0.15) is 0 Å². The molecule has 4 rings (SSSR count). The first-order chi connectivity index (χ1) is 13.5. The fourth-order valence-electron chi connectivity index (χ4n) is 3.81. The molecule has 1 aliphatic heterocycles. The third kappa shape index (κ3) is 3.36.